The highest BCUT2D eigenvalue weighted by atomic mass is 19.3. The van der Waals surface area contributed by atoms with Crippen molar-refractivity contribution >= 4 is 5.91 Å². The van der Waals surface area contributed by atoms with E-state index in [0.717, 1.165) is 5.56 Å². The molecular formula is C15H22F2N2O. The van der Waals surface area contributed by atoms with Crippen molar-refractivity contribution in [2.75, 3.05) is 13.1 Å². The highest BCUT2D eigenvalue weighted by Crippen LogP contribution is 2.32. The largest absolute Gasteiger partial charge is 0.349 e. The minimum Gasteiger partial charge on any atom is -0.349 e. The first-order valence-electron chi connectivity index (χ1n) is 6.83. The molecule has 0 aromatic heterocycles. The minimum absolute atomic E-state index is 0.373. The number of amides is 1. The van der Waals surface area contributed by atoms with E-state index in [1.807, 2.05) is 44.2 Å². The van der Waals surface area contributed by atoms with Gasteiger partial charge in [-0.2, -0.15) is 0 Å². The zero-order valence-corrected chi connectivity index (χ0v) is 12.0. The van der Waals surface area contributed by atoms with Crippen molar-refractivity contribution in [3.05, 3.63) is 35.9 Å². The van der Waals surface area contributed by atoms with Crippen molar-refractivity contribution in [2.45, 2.75) is 38.0 Å². The Bertz CT molecular complexity index is 431. The Morgan fingerprint density at radius 1 is 1.20 bits per heavy atom. The third-order valence-electron chi connectivity index (χ3n) is 3.77. The van der Waals surface area contributed by atoms with Gasteiger partial charge >= 0.3 is 0 Å². The molecule has 20 heavy (non-hydrogen) atoms. The predicted molar refractivity (Wildman–Crippen MR) is 75.7 cm³/mol. The van der Waals surface area contributed by atoms with Gasteiger partial charge < -0.3 is 11.1 Å². The van der Waals surface area contributed by atoms with E-state index in [1.54, 1.807) is 0 Å². The normalized spacial score (nSPS) is 12.2. The summed E-state index contributed by atoms with van der Waals surface area (Å²) in [5.41, 5.74) is 5.05. The number of carbonyl (C=O) groups excluding carboxylic acids is 1. The van der Waals surface area contributed by atoms with Crippen LogP contribution in [0.3, 0.4) is 0 Å². The van der Waals surface area contributed by atoms with Crippen LogP contribution in [0.25, 0.3) is 0 Å². The zero-order chi connectivity index (χ0) is 15.2. The van der Waals surface area contributed by atoms with Crippen LogP contribution in [0.5, 0.6) is 0 Å². The molecular weight excluding hydrogens is 262 g/mol. The summed E-state index contributed by atoms with van der Waals surface area (Å²) in [7, 11) is 0. The van der Waals surface area contributed by atoms with E-state index in [1.165, 1.54) is 0 Å². The molecule has 0 saturated carbocycles. The summed E-state index contributed by atoms with van der Waals surface area (Å²) in [5.74, 6) is -3.44. The van der Waals surface area contributed by atoms with E-state index < -0.39 is 24.4 Å². The van der Waals surface area contributed by atoms with E-state index in [-0.39, 0.29) is 5.91 Å². The van der Waals surface area contributed by atoms with Crippen LogP contribution < -0.4 is 11.1 Å². The van der Waals surface area contributed by atoms with E-state index in [2.05, 4.69) is 5.32 Å². The van der Waals surface area contributed by atoms with E-state index in [0.29, 0.717) is 12.8 Å². The second kappa shape index (κ2) is 6.79. The van der Waals surface area contributed by atoms with Gasteiger partial charge in [0.05, 0.1) is 18.5 Å². The van der Waals surface area contributed by atoms with Crippen LogP contribution in [-0.4, -0.2) is 24.9 Å². The molecule has 1 aromatic carbocycles. The number of hydrogen-bond donors (Lipinski definition) is 2. The fourth-order valence-corrected chi connectivity index (χ4v) is 2.32. The summed E-state index contributed by atoms with van der Waals surface area (Å²) in [6.45, 7) is 2.27. The molecule has 5 heteroatoms. The van der Waals surface area contributed by atoms with Crippen LogP contribution >= 0.6 is 0 Å². The molecule has 3 nitrogen and oxygen atoms in total. The van der Waals surface area contributed by atoms with Crippen molar-refractivity contribution in [3.8, 4) is 0 Å². The van der Waals surface area contributed by atoms with Crippen LogP contribution in [0.2, 0.25) is 0 Å². The standard InChI is InChI=1S/C15H22F2N2O/c1-3-14(4-2,12-8-6-5-7-9-12)13(20)19-11-15(16,17)10-18/h5-9H,3-4,10-11,18H2,1-2H3,(H,19,20). The number of rotatable bonds is 7. The second-order valence-electron chi connectivity index (χ2n) is 4.90. The number of halogens is 2. The Hall–Kier alpha value is -1.49. The van der Waals surface area contributed by atoms with Gasteiger partial charge in [-0.3, -0.25) is 4.79 Å². The van der Waals surface area contributed by atoms with Gasteiger partial charge in [-0.15, -0.1) is 0 Å². The molecule has 0 fully saturated rings. The molecule has 0 aliphatic carbocycles. The SMILES string of the molecule is CCC(CC)(C(=O)NCC(F)(F)CN)c1ccccc1. The van der Waals surface area contributed by atoms with Crippen LogP contribution in [0.4, 0.5) is 8.78 Å². The van der Waals surface area contributed by atoms with E-state index >= 15 is 0 Å². The van der Waals surface area contributed by atoms with Gasteiger partial charge in [0.15, 0.2) is 0 Å². The lowest BCUT2D eigenvalue weighted by atomic mass is 9.75. The first kappa shape index (κ1) is 16.6. The number of nitrogens with one attached hydrogen (secondary N) is 1. The van der Waals surface area contributed by atoms with Crippen LogP contribution in [0.15, 0.2) is 30.3 Å². The van der Waals surface area contributed by atoms with Crippen molar-refractivity contribution in [2.24, 2.45) is 5.73 Å². The third-order valence-corrected chi connectivity index (χ3v) is 3.77. The van der Waals surface area contributed by atoms with Gasteiger partial charge in [0, 0.05) is 0 Å². The molecule has 0 saturated heterocycles. The van der Waals surface area contributed by atoms with Gasteiger partial charge in [0.2, 0.25) is 5.91 Å². The lowest BCUT2D eigenvalue weighted by Gasteiger charge is -2.31. The molecule has 0 heterocycles. The van der Waals surface area contributed by atoms with E-state index in [4.69, 9.17) is 5.73 Å². The monoisotopic (exact) mass is 284 g/mol. The molecule has 0 radical (unpaired) electrons. The maximum Gasteiger partial charge on any atom is 0.277 e. The fraction of sp³-hybridized carbons (Fsp3) is 0.533. The van der Waals surface area contributed by atoms with E-state index in [9.17, 15) is 13.6 Å². The molecule has 0 aliphatic rings. The summed E-state index contributed by atoms with van der Waals surface area (Å²) < 4.78 is 26.3. The Balaban J connectivity index is 2.94. The lowest BCUT2D eigenvalue weighted by molar-refractivity contribution is -0.129. The maximum atomic E-state index is 13.2. The molecule has 1 aromatic rings. The lowest BCUT2D eigenvalue weighted by Crippen LogP contribution is -2.49. The molecule has 0 atom stereocenters. The number of hydrogen-bond acceptors (Lipinski definition) is 2. The highest BCUT2D eigenvalue weighted by Gasteiger charge is 2.38. The maximum absolute atomic E-state index is 13.2. The molecule has 1 rings (SSSR count). The highest BCUT2D eigenvalue weighted by molar-refractivity contribution is 5.88. The summed E-state index contributed by atoms with van der Waals surface area (Å²) in [5, 5.41) is 2.35. The number of alkyl halides is 2. The van der Waals surface area contributed by atoms with Gasteiger partial charge in [0.1, 0.15) is 0 Å². The van der Waals surface area contributed by atoms with Crippen molar-refractivity contribution in [1.29, 1.82) is 0 Å². The second-order valence-corrected chi connectivity index (χ2v) is 4.90. The van der Waals surface area contributed by atoms with Crippen molar-refractivity contribution < 1.29 is 13.6 Å². The van der Waals surface area contributed by atoms with Crippen LogP contribution in [-0.2, 0) is 10.2 Å². The molecule has 0 unspecified atom stereocenters. The van der Waals surface area contributed by atoms with Gasteiger partial charge in [-0.05, 0) is 18.4 Å². The molecule has 0 aliphatic heterocycles. The molecule has 0 spiro atoms. The predicted octanol–water partition coefficient (Wildman–Crippen LogP) is 2.45. The Labute approximate surface area is 118 Å². The fourth-order valence-electron chi connectivity index (χ4n) is 2.32. The third kappa shape index (κ3) is 3.54. The Morgan fingerprint density at radius 2 is 1.75 bits per heavy atom. The number of nitrogens with two attached hydrogens (primary N) is 1. The molecule has 3 N–H and O–H groups in total. The minimum atomic E-state index is -3.07. The molecule has 1 amide bonds. The average Bonchev–Trinajstić information content (AvgIpc) is 2.48. The first-order valence-corrected chi connectivity index (χ1v) is 6.83. The quantitative estimate of drug-likeness (QED) is 0.808. The first-order chi connectivity index (χ1) is 9.41. The molecule has 0 bridgehead atoms. The summed E-state index contributed by atoms with van der Waals surface area (Å²) in [4.78, 5) is 12.4. The summed E-state index contributed by atoms with van der Waals surface area (Å²) in [6, 6.07) is 9.26. The smallest absolute Gasteiger partial charge is 0.277 e. The van der Waals surface area contributed by atoms with Crippen molar-refractivity contribution in [1.82, 2.24) is 5.32 Å². The summed E-state index contributed by atoms with van der Waals surface area (Å²) in [6.07, 6.45) is 1.10. The van der Waals surface area contributed by atoms with Gasteiger partial charge in [-0.25, -0.2) is 8.78 Å². The number of carbonyl (C=O) groups is 1. The Kier molecular flexibility index (Phi) is 5.62. The van der Waals surface area contributed by atoms with Crippen LogP contribution in [0, 0.1) is 0 Å². The molecule has 112 valence electrons. The zero-order valence-electron chi connectivity index (χ0n) is 12.0. The average molecular weight is 284 g/mol. The number of benzene rings is 1. The van der Waals surface area contributed by atoms with Gasteiger partial charge in [-0.1, -0.05) is 44.2 Å². The van der Waals surface area contributed by atoms with Crippen molar-refractivity contribution in [3.63, 3.8) is 0 Å². The Morgan fingerprint density at radius 3 is 2.20 bits per heavy atom. The topological polar surface area (TPSA) is 55.1 Å². The summed E-state index contributed by atoms with van der Waals surface area (Å²) >= 11 is 0. The van der Waals surface area contributed by atoms with Gasteiger partial charge in [0.25, 0.3) is 5.92 Å². The van der Waals surface area contributed by atoms with Crippen LogP contribution in [0.1, 0.15) is 32.3 Å².